The Morgan fingerprint density at radius 2 is 1.07 bits per heavy atom. The standard InChI is InChI=1S/C26H26O4/c1-26(2,3)23-15-19(17-29-24(27)21-10-6-4-7-11-21)14-20(16-23)18-30-25(28)22-12-8-5-9-13-22/h4-16H,17-18H2,1-3H3. The first-order valence-electron chi connectivity index (χ1n) is 9.90. The second-order valence-corrected chi connectivity index (χ2v) is 8.17. The first-order chi connectivity index (χ1) is 14.3. The van der Waals surface area contributed by atoms with Gasteiger partial charge in [0, 0.05) is 0 Å². The molecule has 3 aromatic carbocycles. The minimum Gasteiger partial charge on any atom is -0.457 e. The Labute approximate surface area is 177 Å². The van der Waals surface area contributed by atoms with E-state index in [1.54, 1.807) is 48.5 Å². The van der Waals surface area contributed by atoms with Gasteiger partial charge in [0.25, 0.3) is 0 Å². The summed E-state index contributed by atoms with van der Waals surface area (Å²) in [6, 6.07) is 23.8. The van der Waals surface area contributed by atoms with Gasteiger partial charge >= 0.3 is 11.9 Å². The van der Waals surface area contributed by atoms with Crippen LogP contribution in [0.4, 0.5) is 0 Å². The summed E-state index contributed by atoms with van der Waals surface area (Å²) in [4.78, 5) is 24.5. The van der Waals surface area contributed by atoms with Gasteiger partial charge in [0.15, 0.2) is 0 Å². The third kappa shape index (κ3) is 5.80. The molecule has 0 saturated carbocycles. The van der Waals surface area contributed by atoms with Crippen LogP contribution in [-0.2, 0) is 28.1 Å². The zero-order valence-corrected chi connectivity index (χ0v) is 17.6. The summed E-state index contributed by atoms with van der Waals surface area (Å²) >= 11 is 0. The molecule has 0 spiro atoms. The lowest BCUT2D eigenvalue weighted by molar-refractivity contribution is 0.0471. The van der Waals surface area contributed by atoms with E-state index in [0.717, 1.165) is 16.7 Å². The van der Waals surface area contributed by atoms with Gasteiger partial charge in [-0.15, -0.1) is 0 Å². The van der Waals surface area contributed by atoms with Crippen molar-refractivity contribution in [2.24, 2.45) is 0 Å². The Hall–Kier alpha value is -3.40. The molecule has 0 aliphatic rings. The number of benzene rings is 3. The first-order valence-corrected chi connectivity index (χ1v) is 9.90. The Kier molecular flexibility index (Phi) is 6.68. The van der Waals surface area contributed by atoms with Gasteiger partial charge in [-0.3, -0.25) is 0 Å². The van der Waals surface area contributed by atoms with E-state index in [2.05, 4.69) is 20.8 Å². The second-order valence-electron chi connectivity index (χ2n) is 8.17. The quantitative estimate of drug-likeness (QED) is 0.497. The van der Waals surface area contributed by atoms with Crippen molar-refractivity contribution in [3.63, 3.8) is 0 Å². The number of hydrogen-bond acceptors (Lipinski definition) is 4. The van der Waals surface area contributed by atoms with Gasteiger partial charge in [-0.2, -0.15) is 0 Å². The Balaban J connectivity index is 1.73. The van der Waals surface area contributed by atoms with Crippen LogP contribution in [0.3, 0.4) is 0 Å². The summed E-state index contributed by atoms with van der Waals surface area (Å²) in [6.07, 6.45) is 0. The fraction of sp³-hybridized carbons (Fsp3) is 0.231. The molecular weight excluding hydrogens is 376 g/mol. The van der Waals surface area contributed by atoms with Crippen molar-refractivity contribution in [1.82, 2.24) is 0 Å². The molecule has 3 aromatic rings. The van der Waals surface area contributed by atoms with Crippen molar-refractivity contribution in [3.05, 3.63) is 107 Å². The van der Waals surface area contributed by atoms with E-state index in [0.29, 0.717) is 11.1 Å². The van der Waals surface area contributed by atoms with Gasteiger partial charge in [-0.05, 0) is 52.4 Å². The molecule has 0 saturated heterocycles. The number of carbonyl (C=O) groups excluding carboxylic acids is 2. The van der Waals surface area contributed by atoms with Crippen LogP contribution in [0.15, 0.2) is 78.9 Å². The lowest BCUT2D eigenvalue weighted by atomic mass is 9.85. The highest BCUT2D eigenvalue weighted by atomic mass is 16.5. The lowest BCUT2D eigenvalue weighted by Gasteiger charge is -2.21. The predicted octanol–water partition coefficient (Wildman–Crippen LogP) is 5.70. The molecule has 0 aromatic heterocycles. The molecule has 0 aliphatic carbocycles. The molecule has 30 heavy (non-hydrogen) atoms. The van der Waals surface area contributed by atoms with Crippen LogP contribution in [0.2, 0.25) is 0 Å². The summed E-state index contributed by atoms with van der Waals surface area (Å²) in [5.74, 6) is -0.734. The maximum Gasteiger partial charge on any atom is 0.338 e. The highest BCUT2D eigenvalue weighted by molar-refractivity contribution is 5.89. The number of carbonyl (C=O) groups is 2. The fourth-order valence-electron chi connectivity index (χ4n) is 2.98. The van der Waals surface area contributed by atoms with Crippen LogP contribution >= 0.6 is 0 Å². The van der Waals surface area contributed by atoms with Crippen molar-refractivity contribution in [1.29, 1.82) is 0 Å². The van der Waals surface area contributed by atoms with Gasteiger partial charge in [-0.1, -0.05) is 69.3 Å². The summed E-state index contributed by atoms with van der Waals surface area (Å²) < 4.78 is 11.0. The summed E-state index contributed by atoms with van der Waals surface area (Å²) in [5, 5.41) is 0. The van der Waals surface area contributed by atoms with Crippen LogP contribution in [0, 0.1) is 0 Å². The predicted molar refractivity (Wildman–Crippen MR) is 116 cm³/mol. The van der Waals surface area contributed by atoms with Crippen molar-refractivity contribution in [2.75, 3.05) is 0 Å². The minimum absolute atomic E-state index is 0.0996. The van der Waals surface area contributed by atoms with E-state index in [1.807, 2.05) is 30.3 Å². The van der Waals surface area contributed by atoms with E-state index in [-0.39, 0.29) is 30.6 Å². The van der Waals surface area contributed by atoms with Gasteiger partial charge in [0.2, 0.25) is 0 Å². The third-order valence-electron chi connectivity index (χ3n) is 4.68. The summed E-state index contributed by atoms with van der Waals surface area (Å²) in [7, 11) is 0. The normalized spacial score (nSPS) is 11.0. The molecule has 154 valence electrons. The van der Waals surface area contributed by atoms with E-state index in [1.165, 1.54) is 0 Å². The number of ether oxygens (including phenoxy) is 2. The molecule has 0 N–H and O–H groups in total. The monoisotopic (exact) mass is 402 g/mol. The Bertz CT molecular complexity index is 928. The Morgan fingerprint density at radius 3 is 1.43 bits per heavy atom. The molecule has 0 bridgehead atoms. The number of esters is 2. The lowest BCUT2D eigenvalue weighted by Crippen LogP contribution is -2.14. The summed E-state index contributed by atoms with van der Waals surface area (Å²) in [5.41, 5.74) is 3.73. The molecule has 4 nitrogen and oxygen atoms in total. The molecule has 0 heterocycles. The highest BCUT2D eigenvalue weighted by Crippen LogP contribution is 2.25. The fourth-order valence-corrected chi connectivity index (χ4v) is 2.98. The third-order valence-corrected chi connectivity index (χ3v) is 4.68. The van der Waals surface area contributed by atoms with Crippen molar-refractivity contribution >= 4 is 11.9 Å². The Morgan fingerprint density at radius 1 is 0.667 bits per heavy atom. The molecule has 3 rings (SSSR count). The average Bonchev–Trinajstić information content (AvgIpc) is 2.76. The molecule has 0 aliphatic heterocycles. The van der Waals surface area contributed by atoms with Crippen LogP contribution in [0.25, 0.3) is 0 Å². The average molecular weight is 402 g/mol. The molecule has 0 amide bonds. The molecule has 0 unspecified atom stereocenters. The highest BCUT2D eigenvalue weighted by Gasteiger charge is 2.17. The van der Waals surface area contributed by atoms with Crippen LogP contribution in [0.1, 0.15) is 58.2 Å². The van der Waals surface area contributed by atoms with Crippen LogP contribution in [-0.4, -0.2) is 11.9 Å². The van der Waals surface area contributed by atoms with E-state index in [9.17, 15) is 9.59 Å². The molecule has 0 atom stereocenters. The zero-order chi connectivity index (χ0) is 21.6. The molecule has 0 radical (unpaired) electrons. The first kappa shape index (κ1) is 21.3. The van der Waals surface area contributed by atoms with Gasteiger partial charge in [-0.25, -0.2) is 9.59 Å². The van der Waals surface area contributed by atoms with Gasteiger partial charge in [0.05, 0.1) is 11.1 Å². The maximum atomic E-state index is 12.3. The molecule has 4 heteroatoms. The SMILES string of the molecule is CC(C)(C)c1cc(COC(=O)c2ccccc2)cc(COC(=O)c2ccccc2)c1. The van der Waals surface area contributed by atoms with Crippen molar-refractivity contribution in [3.8, 4) is 0 Å². The zero-order valence-electron chi connectivity index (χ0n) is 17.6. The minimum atomic E-state index is -0.367. The van der Waals surface area contributed by atoms with Gasteiger partial charge < -0.3 is 9.47 Å². The molecular formula is C26H26O4. The second kappa shape index (κ2) is 9.40. The molecule has 0 fully saturated rings. The maximum absolute atomic E-state index is 12.3. The van der Waals surface area contributed by atoms with E-state index < -0.39 is 0 Å². The van der Waals surface area contributed by atoms with Crippen molar-refractivity contribution in [2.45, 2.75) is 39.4 Å². The van der Waals surface area contributed by atoms with Crippen molar-refractivity contribution < 1.29 is 19.1 Å². The van der Waals surface area contributed by atoms with Crippen LogP contribution in [0.5, 0.6) is 0 Å². The number of hydrogen-bond donors (Lipinski definition) is 0. The van der Waals surface area contributed by atoms with E-state index in [4.69, 9.17) is 9.47 Å². The largest absolute Gasteiger partial charge is 0.457 e. The van der Waals surface area contributed by atoms with E-state index >= 15 is 0 Å². The summed E-state index contributed by atoms with van der Waals surface area (Å²) in [6.45, 7) is 6.64. The smallest absolute Gasteiger partial charge is 0.338 e. The number of rotatable bonds is 6. The topological polar surface area (TPSA) is 52.6 Å². The van der Waals surface area contributed by atoms with Crippen LogP contribution < -0.4 is 0 Å². The van der Waals surface area contributed by atoms with Gasteiger partial charge in [0.1, 0.15) is 13.2 Å².